The predicted octanol–water partition coefficient (Wildman–Crippen LogP) is 2.69. The summed E-state index contributed by atoms with van der Waals surface area (Å²) in [5, 5.41) is 4.52. The molecule has 0 unspecified atom stereocenters. The Hall–Kier alpha value is -3.13. The second-order valence-electron chi connectivity index (χ2n) is 7.03. The van der Waals surface area contributed by atoms with E-state index >= 15 is 0 Å². The van der Waals surface area contributed by atoms with Crippen molar-refractivity contribution in [3.8, 4) is 5.75 Å². The molecule has 2 heterocycles. The van der Waals surface area contributed by atoms with E-state index in [0.717, 1.165) is 41.5 Å². The van der Waals surface area contributed by atoms with Gasteiger partial charge in [-0.25, -0.2) is 0 Å². The number of nitrogens with one attached hydrogen (secondary N) is 1. The van der Waals surface area contributed by atoms with Crippen molar-refractivity contribution < 1.29 is 14.3 Å². The summed E-state index contributed by atoms with van der Waals surface area (Å²) in [6.45, 7) is -0.151. The average Bonchev–Trinajstić information content (AvgIpc) is 3.07. The number of nitrogens with zero attached hydrogens (tertiary/aromatic N) is 1. The molecular weight excluding hydrogens is 390 g/mol. The molecule has 0 radical (unpaired) electrons. The predicted molar refractivity (Wildman–Crippen MR) is 113 cm³/mol. The number of hydrogen-bond donors (Lipinski definition) is 2. The van der Waals surface area contributed by atoms with Crippen molar-refractivity contribution in [1.82, 2.24) is 4.57 Å². The summed E-state index contributed by atoms with van der Waals surface area (Å²) in [7, 11) is 1.56. The van der Waals surface area contributed by atoms with E-state index < -0.39 is 5.91 Å². The Kier molecular flexibility index (Phi) is 5.10. The molecule has 150 valence electrons. The molecule has 0 atom stereocenters. The molecule has 2 amide bonds. The zero-order chi connectivity index (χ0) is 20.5. The topological polar surface area (TPSA) is 103 Å². The second-order valence-corrected chi connectivity index (χ2v) is 8.13. The Morgan fingerprint density at radius 1 is 1.24 bits per heavy atom. The van der Waals surface area contributed by atoms with Gasteiger partial charge >= 0.3 is 0 Å². The normalized spacial score (nSPS) is 13.1. The molecule has 1 aliphatic rings. The number of methoxy groups -OCH3 is 1. The van der Waals surface area contributed by atoms with Gasteiger partial charge in [0.15, 0.2) is 0 Å². The molecule has 0 spiro atoms. The van der Waals surface area contributed by atoms with Crippen molar-refractivity contribution in [2.75, 3.05) is 12.4 Å². The van der Waals surface area contributed by atoms with E-state index in [-0.39, 0.29) is 18.0 Å². The minimum Gasteiger partial charge on any atom is -0.497 e. The van der Waals surface area contributed by atoms with E-state index in [1.54, 1.807) is 37.6 Å². The smallest absolute Gasteiger partial charge is 0.258 e. The van der Waals surface area contributed by atoms with Crippen LogP contribution in [0.5, 0.6) is 5.75 Å². The Labute approximate surface area is 171 Å². The molecule has 0 fully saturated rings. The lowest BCUT2D eigenvalue weighted by atomic mass is 9.95. The number of fused-ring (bicyclic) bond motifs is 2. The van der Waals surface area contributed by atoms with Crippen molar-refractivity contribution in [2.45, 2.75) is 32.2 Å². The first-order chi connectivity index (χ1) is 14.0. The summed E-state index contributed by atoms with van der Waals surface area (Å²) < 4.78 is 6.53. The fourth-order valence-corrected chi connectivity index (χ4v) is 5.06. The molecule has 1 aliphatic carbocycles. The third-order valence-corrected chi connectivity index (χ3v) is 6.38. The van der Waals surface area contributed by atoms with Crippen LogP contribution in [0.1, 0.15) is 33.6 Å². The molecule has 2 aromatic heterocycles. The number of aryl methyl sites for hydroxylation is 1. The average molecular weight is 411 g/mol. The molecule has 3 aromatic rings. The Morgan fingerprint density at radius 3 is 2.79 bits per heavy atom. The van der Waals surface area contributed by atoms with Gasteiger partial charge in [-0.2, -0.15) is 0 Å². The van der Waals surface area contributed by atoms with Gasteiger partial charge in [-0.1, -0.05) is 0 Å². The molecule has 8 heteroatoms. The van der Waals surface area contributed by atoms with Gasteiger partial charge in [0.1, 0.15) is 17.3 Å². The fraction of sp³-hybridized carbons (Fsp3) is 0.286. The number of anilines is 1. The maximum Gasteiger partial charge on any atom is 0.258 e. The van der Waals surface area contributed by atoms with E-state index in [9.17, 15) is 14.4 Å². The van der Waals surface area contributed by atoms with Crippen LogP contribution in [0.25, 0.3) is 10.8 Å². The second kappa shape index (κ2) is 7.71. The lowest BCUT2D eigenvalue weighted by Gasteiger charge is -2.11. The molecule has 0 bridgehead atoms. The number of primary amides is 1. The molecule has 0 aliphatic heterocycles. The van der Waals surface area contributed by atoms with E-state index in [0.29, 0.717) is 21.7 Å². The highest BCUT2D eigenvalue weighted by atomic mass is 32.1. The van der Waals surface area contributed by atoms with Crippen molar-refractivity contribution in [2.24, 2.45) is 5.73 Å². The number of hydrogen-bond acceptors (Lipinski definition) is 5. The quantitative estimate of drug-likeness (QED) is 0.674. The molecule has 29 heavy (non-hydrogen) atoms. The van der Waals surface area contributed by atoms with Crippen LogP contribution in [-0.2, 0) is 24.2 Å². The Morgan fingerprint density at radius 2 is 2.03 bits per heavy atom. The highest BCUT2D eigenvalue weighted by Gasteiger charge is 2.25. The number of aromatic nitrogens is 1. The summed E-state index contributed by atoms with van der Waals surface area (Å²) in [5.74, 6) is -0.245. The van der Waals surface area contributed by atoms with Crippen LogP contribution in [-0.4, -0.2) is 23.5 Å². The number of thiophene rings is 1. The zero-order valence-corrected chi connectivity index (χ0v) is 16.8. The first kappa shape index (κ1) is 19.2. The molecule has 0 saturated carbocycles. The van der Waals surface area contributed by atoms with Crippen LogP contribution in [0.3, 0.4) is 0 Å². The van der Waals surface area contributed by atoms with Crippen LogP contribution in [0.4, 0.5) is 5.00 Å². The lowest BCUT2D eigenvalue weighted by molar-refractivity contribution is -0.116. The number of carbonyl (C=O) groups is 2. The molecule has 0 saturated heterocycles. The van der Waals surface area contributed by atoms with Gasteiger partial charge in [-0.05, 0) is 60.9 Å². The first-order valence-electron chi connectivity index (χ1n) is 9.39. The van der Waals surface area contributed by atoms with Gasteiger partial charge in [0.25, 0.3) is 11.5 Å². The zero-order valence-electron chi connectivity index (χ0n) is 16.0. The number of benzene rings is 1. The number of carbonyl (C=O) groups excluding carboxylic acids is 2. The third-order valence-electron chi connectivity index (χ3n) is 5.17. The number of pyridine rings is 1. The highest BCUT2D eigenvalue weighted by molar-refractivity contribution is 7.17. The molecule has 4 rings (SSSR count). The van der Waals surface area contributed by atoms with Crippen LogP contribution in [0.15, 0.2) is 35.3 Å². The minimum atomic E-state index is -0.531. The summed E-state index contributed by atoms with van der Waals surface area (Å²) in [6.07, 6.45) is 5.35. The van der Waals surface area contributed by atoms with E-state index in [2.05, 4.69) is 5.32 Å². The van der Waals surface area contributed by atoms with Gasteiger partial charge < -0.3 is 20.4 Å². The maximum atomic E-state index is 12.7. The summed E-state index contributed by atoms with van der Waals surface area (Å²) in [4.78, 5) is 38.4. The van der Waals surface area contributed by atoms with Crippen LogP contribution in [0.2, 0.25) is 0 Å². The highest BCUT2D eigenvalue weighted by Crippen LogP contribution is 2.37. The van der Waals surface area contributed by atoms with E-state index in [1.807, 2.05) is 0 Å². The number of rotatable bonds is 5. The Bertz CT molecular complexity index is 1180. The number of ether oxygens (including phenoxy) is 1. The molecular formula is C21H21N3O4S. The van der Waals surface area contributed by atoms with Crippen LogP contribution in [0, 0.1) is 0 Å². The van der Waals surface area contributed by atoms with Crippen LogP contribution < -0.4 is 21.3 Å². The molecule has 3 N–H and O–H groups in total. The number of nitrogens with two attached hydrogens (primary N) is 1. The minimum absolute atomic E-state index is 0.151. The van der Waals surface area contributed by atoms with Crippen LogP contribution >= 0.6 is 11.3 Å². The SMILES string of the molecule is COc1ccc2c(=O)n(CC(=O)Nc3sc4c(c3C(N)=O)CCCC4)ccc2c1. The standard InChI is InChI=1S/C21H21N3O4S/c1-28-13-6-7-14-12(10-13)8-9-24(21(14)27)11-17(25)23-20-18(19(22)26)15-4-2-3-5-16(15)29-20/h6-10H,2-5,11H2,1H3,(H2,22,26)(H,23,25). The van der Waals surface area contributed by atoms with Gasteiger partial charge in [0, 0.05) is 16.5 Å². The lowest BCUT2D eigenvalue weighted by Crippen LogP contribution is -2.27. The van der Waals surface area contributed by atoms with E-state index in [1.165, 1.54) is 15.9 Å². The van der Waals surface area contributed by atoms with Gasteiger partial charge in [-0.3, -0.25) is 14.4 Å². The monoisotopic (exact) mass is 411 g/mol. The van der Waals surface area contributed by atoms with Gasteiger partial charge in [0.2, 0.25) is 5.91 Å². The van der Waals surface area contributed by atoms with Crippen molar-refractivity contribution >= 4 is 38.9 Å². The van der Waals surface area contributed by atoms with E-state index in [4.69, 9.17) is 10.5 Å². The number of amides is 2. The fourth-order valence-electron chi connectivity index (χ4n) is 3.75. The summed E-state index contributed by atoms with van der Waals surface area (Å²) in [5.41, 5.74) is 6.68. The summed E-state index contributed by atoms with van der Waals surface area (Å²) >= 11 is 1.41. The summed E-state index contributed by atoms with van der Waals surface area (Å²) in [6, 6.07) is 6.94. The molecule has 7 nitrogen and oxygen atoms in total. The van der Waals surface area contributed by atoms with Gasteiger partial charge in [0.05, 0.1) is 12.7 Å². The van der Waals surface area contributed by atoms with Crippen molar-refractivity contribution in [3.63, 3.8) is 0 Å². The largest absolute Gasteiger partial charge is 0.497 e. The first-order valence-corrected chi connectivity index (χ1v) is 10.2. The van der Waals surface area contributed by atoms with Gasteiger partial charge in [-0.15, -0.1) is 11.3 Å². The molecule has 1 aromatic carbocycles. The maximum absolute atomic E-state index is 12.7. The third kappa shape index (κ3) is 3.63. The van der Waals surface area contributed by atoms with Crippen molar-refractivity contribution in [3.05, 3.63) is 56.8 Å². The Balaban J connectivity index is 1.59. The van der Waals surface area contributed by atoms with Crippen molar-refractivity contribution in [1.29, 1.82) is 0 Å².